The molecule has 0 radical (unpaired) electrons. The molecule has 0 aliphatic carbocycles. The average molecular weight is 850 g/mol. The van der Waals surface area contributed by atoms with Crippen LogP contribution < -0.4 is 9.30 Å². The van der Waals surface area contributed by atoms with Crippen LogP contribution in [0.15, 0.2) is 170 Å². The molecule has 65 heavy (non-hydrogen) atoms. The third-order valence-electron chi connectivity index (χ3n) is 12.5. The molecule has 0 aliphatic heterocycles. The number of hydrogen-bond donors (Lipinski definition) is 0. The van der Waals surface area contributed by atoms with E-state index in [0.29, 0.717) is 17.3 Å². The molecule has 4 aromatic heterocycles. The van der Waals surface area contributed by atoms with E-state index >= 15 is 0 Å². The fourth-order valence-corrected chi connectivity index (χ4v) is 8.74. The predicted molar refractivity (Wildman–Crippen MR) is 267 cm³/mol. The third-order valence-corrected chi connectivity index (χ3v) is 12.5. The molecular weight excluding hydrogens is 795 g/mol. The van der Waals surface area contributed by atoms with E-state index in [-0.39, 0.29) is 16.2 Å². The highest BCUT2D eigenvalue weighted by atomic mass is 16.5. The van der Waals surface area contributed by atoms with Gasteiger partial charge >= 0.3 is 0 Å². The predicted octanol–water partition coefficient (Wildman–Crippen LogP) is 14.6. The van der Waals surface area contributed by atoms with E-state index in [4.69, 9.17) is 14.7 Å². The molecule has 0 aliphatic rings. The first kappa shape index (κ1) is 41.7. The van der Waals surface area contributed by atoms with Crippen molar-refractivity contribution in [3.05, 3.63) is 193 Å². The van der Waals surface area contributed by atoms with Crippen LogP contribution in [0.5, 0.6) is 11.5 Å². The lowest BCUT2D eigenvalue weighted by atomic mass is 9.80. The Kier molecular flexibility index (Phi) is 10.1. The van der Waals surface area contributed by atoms with Gasteiger partial charge in [-0.05, 0) is 116 Å². The van der Waals surface area contributed by atoms with Gasteiger partial charge in [0, 0.05) is 35.3 Å². The molecule has 6 heteroatoms. The topological polar surface area (TPSA) is 48.8 Å². The van der Waals surface area contributed by atoms with Gasteiger partial charge in [-0.2, -0.15) is 0 Å². The molecule has 0 amide bonds. The number of ether oxygens (including phenoxy) is 1. The van der Waals surface area contributed by atoms with Gasteiger partial charge in [0.25, 0.3) is 6.33 Å². The summed E-state index contributed by atoms with van der Waals surface area (Å²) in [5, 5.41) is 2.28. The number of imidazole rings is 1. The zero-order chi connectivity index (χ0) is 45.3. The van der Waals surface area contributed by atoms with Crippen molar-refractivity contribution in [1.82, 2.24) is 19.1 Å². The van der Waals surface area contributed by atoms with E-state index in [2.05, 4.69) is 228 Å². The van der Waals surface area contributed by atoms with Gasteiger partial charge in [0.05, 0.1) is 27.8 Å². The van der Waals surface area contributed by atoms with E-state index in [9.17, 15) is 0 Å². The summed E-state index contributed by atoms with van der Waals surface area (Å²) in [6.07, 6.45) is 7.48. The van der Waals surface area contributed by atoms with Crippen LogP contribution in [-0.4, -0.2) is 19.1 Å². The van der Waals surface area contributed by atoms with Crippen molar-refractivity contribution in [3.63, 3.8) is 0 Å². The van der Waals surface area contributed by atoms with Gasteiger partial charge in [-0.1, -0.05) is 147 Å². The van der Waals surface area contributed by atoms with E-state index < -0.39 is 0 Å². The average Bonchev–Trinajstić information content (AvgIpc) is 3.84. The second kappa shape index (κ2) is 15.7. The maximum atomic E-state index is 6.79. The smallest absolute Gasteiger partial charge is 0.271 e. The van der Waals surface area contributed by atoms with Gasteiger partial charge in [0.1, 0.15) is 17.3 Å². The minimum atomic E-state index is -0.0488. The highest BCUT2D eigenvalue weighted by molar-refractivity contribution is 6.10. The monoisotopic (exact) mass is 849 g/mol. The van der Waals surface area contributed by atoms with Crippen LogP contribution >= 0.6 is 0 Å². The highest BCUT2D eigenvalue weighted by Crippen LogP contribution is 2.39. The van der Waals surface area contributed by atoms with Gasteiger partial charge in [-0.15, -0.1) is 0 Å². The third kappa shape index (κ3) is 7.99. The number of hydrogen-bond acceptors (Lipinski definition) is 3. The minimum Gasteiger partial charge on any atom is -0.458 e. The Morgan fingerprint density at radius 1 is 0.446 bits per heavy atom. The Labute approximate surface area is 382 Å². The molecule has 0 unspecified atom stereocenters. The van der Waals surface area contributed by atoms with Gasteiger partial charge < -0.3 is 4.74 Å². The van der Waals surface area contributed by atoms with Crippen molar-refractivity contribution < 1.29 is 9.30 Å². The largest absolute Gasteiger partial charge is 0.458 e. The van der Waals surface area contributed by atoms with Crippen LogP contribution in [0.1, 0.15) is 79.0 Å². The summed E-state index contributed by atoms with van der Waals surface area (Å²) in [7, 11) is 0. The van der Waals surface area contributed by atoms with Crippen LogP contribution in [0.3, 0.4) is 0 Å². The van der Waals surface area contributed by atoms with E-state index in [1.54, 1.807) is 0 Å². The summed E-state index contributed by atoms with van der Waals surface area (Å²) in [5.41, 5.74) is 13.5. The second-order valence-corrected chi connectivity index (χ2v) is 20.3. The first-order valence-corrected chi connectivity index (χ1v) is 22.6. The summed E-state index contributed by atoms with van der Waals surface area (Å²) in [4.78, 5) is 9.87. The summed E-state index contributed by atoms with van der Waals surface area (Å²) >= 11 is 0. The van der Waals surface area contributed by atoms with Gasteiger partial charge in [-0.3, -0.25) is 18.7 Å². The summed E-state index contributed by atoms with van der Waals surface area (Å²) < 4.78 is 13.3. The molecule has 0 fully saturated rings. The minimum absolute atomic E-state index is 0.0397. The van der Waals surface area contributed by atoms with E-state index in [0.717, 1.165) is 55.5 Å². The maximum Gasteiger partial charge on any atom is 0.271 e. The number of fused-ring (bicyclic) bond motifs is 4. The first-order valence-electron chi connectivity index (χ1n) is 22.6. The number of nitrogens with zero attached hydrogens (tertiary/aromatic N) is 5. The number of pyridine rings is 2. The molecule has 322 valence electrons. The Morgan fingerprint density at radius 3 is 1.68 bits per heavy atom. The lowest BCUT2D eigenvalue weighted by molar-refractivity contribution is -0.572. The number of aromatic nitrogens is 5. The summed E-state index contributed by atoms with van der Waals surface area (Å²) in [6, 6.07) is 56.0. The van der Waals surface area contributed by atoms with Crippen LogP contribution in [-0.2, 0) is 16.2 Å². The lowest BCUT2D eigenvalue weighted by Gasteiger charge is -2.26. The Balaban J connectivity index is 1.10. The molecule has 0 spiro atoms. The molecule has 10 aromatic rings. The maximum absolute atomic E-state index is 6.79. The van der Waals surface area contributed by atoms with Gasteiger partial charge in [-0.25, -0.2) is 4.98 Å². The molecule has 6 aromatic carbocycles. The summed E-state index contributed by atoms with van der Waals surface area (Å²) in [6.45, 7) is 20.4. The molecule has 10 rings (SSSR count). The number of rotatable bonds is 7. The van der Waals surface area contributed by atoms with Crippen LogP contribution in [0.2, 0.25) is 0 Å². The molecule has 0 saturated carbocycles. The Morgan fingerprint density at radius 2 is 1.03 bits per heavy atom. The van der Waals surface area contributed by atoms with Crippen molar-refractivity contribution in [2.75, 3.05) is 0 Å². The molecule has 4 heterocycles. The Hall–Kier alpha value is -7.31. The summed E-state index contributed by atoms with van der Waals surface area (Å²) in [5.74, 6) is 2.96. The second-order valence-electron chi connectivity index (χ2n) is 20.3. The van der Waals surface area contributed by atoms with Crippen molar-refractivity contribution in [3.8, 4) is 51.1 Å². The zero-order valence-corrected chi connectivity index (χ0v) is 38.8. The fraction of sp³-hybridized carbons (Fsp3) is 0.203. The normalized spacial score (nSPS) is 12.4. The van der Waals surface area contributed by atoms with Gasteiger partial charge in [0.15, 0.2) is 5.82 Å². The van der Waals surface area contributed by atoms with Crippen molar-refractivity contribution in [2.24, 2.45) is 0 Å². The van der Waals surface area contributed by atoms with E-state index in [1.165, 1.54) is 27.8 Å². The molecule has 0 bridgehead atoms. The zero-order valence-electron chi connectivity index (χ0n) is 38.8. The lowest BCUT2D eigenvalue weighted by Crippen LogP contribution is -2.31. The number of benzene rings is 6. The Bertz CT molecular complexity index is 3360. The van der Waals surface area contributed by atoms with Crippen molar-refractivity contribution in [2.45, 2.75) is 78.6 Å². The molecule has 0 saturated heterocycles. The SMILES string of the molecule is CC(C)(C)c1cc(-[n+]2[c-]n(-c3cc(Oc4ccc5c6cc(-c7ccccc7)ccc6n(-c6cc(C(C)(C)C)ccn6)c5c4)ccn3)c3ccc(-c4ccccc4)cc32)cc(C(C)(C)C)c1. The van der Waals surface area contributed by atoms with Crippen LogP contribution in [0, 0.1) is 6.33 Å². The molecule has 0 atom stereocenters. The van der Waals surface area contributed by atoms with Gasteiger partial charge in [0.2, 0.25) is 0 Å². The molecule has 6 nitrogen and oxygen atoms in total. The molecule has 0 N–H and O–H groups in total. The highest BCUT2D eigenvalue weighted by Gasteiger charge is 2.24. The van der Waals surface area contributed by atoms with Crippen LogP contribution in [0.25, 0.3) is 72.4 Å². The van der Waals surface area contributed by atoms with Crippen molar-refractivity contribution in [1.29, 1.82) is 0 Å². The quantitative estimate of drug-likeness (QED) is 0.119. The van der Waals surface area contributed by atoms with Crippen molar-refractivity contribution >= 4 is 32.8 Å². The standard InChI is InChI=1S/C59H55N5O/c1-57(2,3)43-26-28-61-56(35-43)64-51-24-20-41(39-16-12-10-13-17-39)30-50(51)49-23-22-47(36-53(49)64)65-48-27-29-60-55(37-48)63-38-62(46-33-44(58(4,5)6)32-45(34-46)59(7,8)9)54-31-42(21-25-52(54)63)40-18-14-11-15-19-40/h10-37H,1-9H3. The van der Waals surface area contributed by atoms with E-state index in [1.807, 2.05) is 24.5 Å². The molecular formula is C59H55N5O. The van der Waals surface area contributed by atoms with Crippen LogP contribution in [0.4, 0.5) is 0 Å². The fourth-order valence-electron chi connectivity index (χ4n) is 8.74. The first-order chi connectivity index (χ1) is 31.1.